The number of piperidine rings is 1. The second-order valence-corrected chi connectivity index (χ2v) is 6.56. The number of amides is 2. The zero-order chi connectivity index (χ0) is 17.8. The summed E-state index contributed by atoms with van der Waals surface area (Å²) in [6.07, 6.45) is 3.68. The van der Waals surface area contributed by atoms with Gasteiger partial charge in [-0.3, -0.25) is 0 Å². The molecule has 1 fully saturated rings. The van der Waals surface area contributed by atoms with E-state index in [2.05, 4.69) is 21.6 Å². The summed E-state index contributed by atoms with van der Waals surface area (Å²) in [7, 11) is 0. The summed E-state index contributed by atoms with van der Waals surface area (Å²) in [5.41, 5.74) is 2.90. The number of ether oxygens (including phenoxy) is 2. The number of benzene rings is 2. The molecule has 0 atom stereocenters. The van der Waals surface area contributed by atoms with E-state index in [4.69, 9.17) is 9.47 Å². The van der Waals surface area contributed by atoms with Crippen LogP contribution in [0.5, 0.6) is 11.5 Å². The fraction of sp³-hybridized carbons (Fsp3) is 0.350. The van der Waals surface area contributed by atoms with Gasteiger partial charge < -0.3 is 25.0 Å². The number of fused-ring (bicyclic) bond motifs is 1. The van der Waals surface area contributed by atoms with Gasteiger partial charge in [0.15, 0.2) is 11.5 Å². The lowest BCUT2D eigenvalue weighted by atomic mass is 10.1. The molecule has 0 unspecified atom stereocenters. The average Bonchev–Trinajstić information content (AvgIpc) is 3.15. The summed E-state index contributed by atoms with van der Waals surface area (Å²) in [5, 5.41) is 5.89. The van der Waals surface area contributed by atoms with Crippen LogP contribution in [0.25, 0.3) is 0 Å². The number of carbonyl (C=O) groups excluding carboxylic acids is 1. The largest absolute Gasteiger partial charge is 0.454 e. The first-order valence-corrected chi connectivity index (χ1v) is 9.07. The third-order valence-corrected chi connectivity index (χ3v) is 4.74. The molecule has 26 heavy (non-hydrogen) atoms. The first-order chi connectivity index (χ1) is 12.8. The summed E-state index contributed by atoms with van der Waals surface area (Å²) in [6.45, 7) is 2.75. The molecule has 136 valence electrons. The van der Waals surface area contributed by atoms with Crippen LogP contribution in [0, 0.1) is 0 Å². The number of nitrogens with zero attached hydrogens (tertiary/aromatic N) is 1. The summed E-state index contributed by atoms with van der Waals surface area (Å²) >= 11 is 0. The van der Waals surface area contributed by atoms with E-state index in [1.54, 1.807) is 0 Å². The van der Waals surface area contributed by atoms with Crippen LogP contribution in [0.1, 0.15) is 24.8 Å². The van der Waals surface area contributed by atoms with Crippen molar-refractivity contribution < 1.29 is 14.3 Å². The van der Waals surface area contributed by atoms with Crippen LogP contribution in [0.15, 0.2) is 42.5 Å². The third kappa shape index (κ3) is 3.69. The molecule has 4 rings (SSSR count). The Labute approximate surface area is 153 Å². The van der Waals surface area contributed by atoms with Gasteiger partial charge in [-0.25, -0.2) is 4.79 Å². The van der Waals surface area contributed by atoms with E-state index in [-0.39, 0.29) is 12.8 Å². The fourth-order valence-corrected chi connectivity index (χ4v) is 3.39. The molecular weight excluding hydrogens is 330 g/mol. The zero-order valence-electron chi connectivity index (χ0n) is 14.7. The van der Waals surface area contributed by atoms with Crippen molar-refractivity contribution in [1.82, 2.24) is 5.32 Å². The molecule has 0 aliphatic carbocycles. The molecule has 6 heteroatoms. The molecule has 2 amide bonds. The van der Waals surface area contributed by atoms with Crippen molar-refractivity contribution in [1.29, 1.82) is 0 Å². The van der Waals surface area contributed by atoms with Crippen LogP contribution in [0.3, 0.4) is 0 Å². The topological polar surface area (TPSA) is 62.8 Å². The van der Waals surface area contributed by atoms with E-state index in [1.165, 1.54) is 19.3 Å². The summed E-state index contributed by atoms with van der Waals surface area (Å²) in [6, 6.07) is 13.4. The van der Waals surface area contributed by atoms with Gasteiger partial charge in [-0.2, -0.15) is 0 Å². The molecule has 0 radical (unpaired) electrons. The Morgan fingerprint density at radius 2 is 1.81 bits per heavy atom. The number of nitrogens with one attached hydrogen (secondary N) is 2. The highest BCUT2D eigenvalue weighted by Crippen LogP contribution is 2.32. The van der Waals surface area contributed by atoms with Crippen molar-refractivity contribution in [2.75, 3.05) is 30.1 Å². The average molecular weight is 353 g/mol. The maximum absolute atomic E-state index is 12.4. The number of anilines is 2. The zero-order valence-corrected chi connectivity index (χ0v) is 14.7. The molecule has 2 N–H and O–H groups in total. The molecule has 6 nitrogen and oxygen atoms in total. The van der Waals surface area contributed by atoms with Gasteiger partial charge in [0.25, 0.3) is 0 Å². The SMILES string of the molecule is O=C(NCc1ccc2c(c1)OCO2)Nc1ccccc1N1CCCCC1. The molecule has 2 aromatic carbocycles. The molecule has 0 saturated carbocycles. The first-order valence-electron chi connectivity index (χ1n) is 9.07. The maximum atomic E-state index is 12.4. The van der Waals surface area contributed by atoms with Crippen LogP contribution in [0.4, 0.5) is 16.2 Å². The van der Waals surface area contributed by atoms with Crippen molar-refractivity contribution in [3.8, 4) is 11.5 Å². The molecule has 0 aromatic heterocycles. The van der Waals surface area contributed by atoms with Gasteiger partial charge in [-0.15, -0.1) is 0 Å². The van der Waals surface area contributed by atoms with E-state index >= 15 is 0 Å². The molecule has 2 aromatic rings. The second kappa shape index (κ2) is 7.56. The molecule has 2 aliphatic rings. The Morgan fingerprint density at radius 3 is 2.69 bits per heavy atom. The molecule has 2 aliphatic heterocycles. The van der Waals surface area contributed by atoms with Crippen LogP contribution < -0.4 is 25.0 Å². The highest BCUT2D eigenvalue weighted by molar-refractivity contribution is 5.93. The minimum absolute atomic E-state index is 0.216. The monoisotopic (exact) mass is 353 g/mol. The van der Waals surface area contributed by atoms with Crippen molar-refractivity contribution in [3.05, 3.63) is 48.0 Å². The summed E-state index contributed by atoms with van der Waals surface area (Å²) in [5.74, 6) is 1.47. The van der Waals surface area contributed by atoms with E-state index in [9.17, 15) is 4.79 Å². The van der Waals surface area contributed by atoms with Gasteiger partial charge in [0.1, 0.15) is 0 Å². The van der Waals surface area contributed by atoms with Gasteiger partial charge in [0.2, 0.25) is 6.79 Å². The smallest absolute Gasteiger partial charge is 0.319 e. The van der Waals surface area contributed by atoms with Crippen LogP contribution in [-0.4, -0.2) is 25.9 Å². The summed E-state index contributed by atoms with van der Waals surface area (Å²) in [4.78, 5) is 14.7. The Bertz CT molecular complexity index is 788. The van der Waals surface area contributed by atoms with Crippen molar-refractivity contribution in [2.24, 2.45) is 0 Å². The lowest BCUT2D eigenvalue weighted by Crippen LogP contribution is -2.32. The number of hydrogen-bond acceptors (Lipinski definition) is 4. The van der Waals surface area contributed by atoms with Crippen LogP contribution in [0.2, 0.25) is 0 Å². The number of hydrogen-bond donors (Lipinski definition) is 2. The minimum atomic E-state index is -0.216. The van der Waals surface area contributed by atoms with E-state index < -0.39 is 0 Å². The Kier molecular flexibility index (Phi) is 4.82. The fourth-order valence-electron chi connectivity index (χ4n) is 3.39. The third-order valence-electron chi connectivity index (χ3n) is 4.74. The lowest BCUT2D eigenvalue weighted by Gasteiger charge is -2.30. The predicted molar refractivity (Wildman–Crippen MR) is 101 cm³/mol. The number of carbonyl (C=O) groups is 1. The minimum Gasteiger partial charge on any atom is -0.454 e. The van der Waals surface area contributed by atoms with Crippen molar-refractivity contribution in [2.45, 2.75) is 25.8 Å². The van der Waals surface area contributed by atoms with Crippen LogP contribution >= 0.6 is 0 Å². The van der Waals surface area contributed by atoms with Gasteiger partial charge >= 0.3 is 6.03 Å². The molecule has 1 saturated heterocycles. The quantitative estimate of drug-likeness (QED) is 0.879. The maximum Gasteiger partial charge on any atom is 0.319 e. The van der Waals surface area contributed by atoms with E-state index in [1.807, 2.05) is 36.4 Å². The number of urea groups is 1. The Morgan fingerprint density at radius 1 is 1.00 bits per heavy atom. The first kappa shape index (κ1) is 16.6. The summed E-state index contributed by atoms with van der Waals surface area (Å²) < 4.78 is 10.7. The van der Waals surface area contributed by atoms with Gasteiger partial charge in [-0.1, -0.05) is 18.2 Å². The lowest BCUT2D eigenvalue weighted by molar-refractivity contribution is 0.174. The molecule has 0 bridgehead atoms. The van der Waals surface area contributed by atoms with Gasteiger partial charge in [-0.05, 0) is 49.1 Å². The normalized spacial score (nSPS) is 15.6. The number of rotatable bonds is 4. The standard InChI is InChI=1S/C20H23N3O3/c24-20(21-13-15-8-9-18-19(12-15)26-14-25-18)22-16-6-2-3-7-17(16)23-10-4-1-5-11-23/h2-3,6-9,12H,1,4-5,10-11,13-14H2,(H2,21,22,24). The van der Waals surface area contributed by atoms with E-state index in [0.717, 1.165) is 41.5 Å². The highest BCUT2D eigenvalue weighted by Gasteiger charge is 2.16. The van der Waals surface area contributed by atoms with Crippen molar-refractivity contribution >= 4 is 17.4 Å². The molecular formula is C20H23N3O3. The second-order valence-electron chi connectivity index (χ2n) is 6.56. The van der Waals surface area contributed by atoms with Gasteiger partial charge in [0, 0.05) is 19.6 Å². The van der Waals surface area contributed by atoms with Gasteiger partial charge in [0.05, 0.1) is 11.4 Å². The number of para-hydroxylation sites is 2. The molecule has 0 spiro atoms. The highest BCUT2D eigenvalue weighted by atomic mass is 16.7. The Hall–Kier alpha value is -2.89. The van der Waals surface area contributed by atoms with Crippen LogP contribution in [-0.2, 0) is 6.54 Å². The Balaban J connectivity index is 1.37. The molecule has 2 heterocycles. The van der Waals surface area contributed by atoms with Crippen molar-refractivity contribution in [3.63, 3.8) is 0 Å². The van der Waals surface area contributed by atoms with E-state index in [0.29, 0.717) is 6.54 Å². The predicted octanol–water partition coefficient (Wildman–Crippen LogP) is 3.73.